The number of sulfonamides is 1. The highest BCUT2D eigenvalue weighted by Crippen LogP contribution is 2.30. The number of thioether (sulfide) groups is 1. The Morgan fingerprint density at radius 1 is 1.37 bits per heavy atom. The molecule has 0 aliphatic carbocycles. The number of furan rings is 1. The molecule has 19 heavy (non-hydrogen) atoms. The Labute approximate surface area is 118 Å². The molecule has 1 N–H and O–H groups in total. The van der Waals surface area contributed by atoms with Gasteiger partial charge in [0.25, 0.3) is 10.0 Å². The summed E-state index contributed by atoms with van der Waals surface area (Å²) in [6, 6.07) is 2.62. The van der Waals surface area contributed by atoms with E-state index in [1.165, 1.54) is 12.1 Å². The van der Waals surface area contributed by atoms with Crippen LogP contribution in [0.3, 0.4) is 0 Å². The van der Waals surface area contributed by atoms with Crippen molar-refractivity contribution in [1.29, 1.82) is 0 Å². The van der Waals surface area contributed by atoms with E-state index in [0.29, 0.717) is 12.8 Å². The van der Waals surface area contributed by atoms with Crippen LogP contribution in [0.1, 0.15) is 37.2 Å². The second kappa shape index (κ2) is 6.58. The van der Waals surface area contributed by atoms with E-state index in [1.54, 1.807) is 11.8 Å². The summed E-state index contributed by atoms with van der Waals surface area (Å²) in [5.41, 5.74) is 0. The van der Waals surface area contributed by atoms with Gasteiger partial charge in [0, 0.05) is 11.3 Å². The highest BCUT2D eigenvalue weighted by molar-refractivity contribution is 8.00. The predicted molar refractivity (Wildman–Crippen MR) is 76.1 cm³/mol. The molecule has 5 nitrogen and oxygen atoms in total. The summed E-state index contributed by atoms with van der Waals surface area (Å²) < 4.78 is 31.4. The van der Waals surface area contributed by atoms with Crippen molar-refractivity contribution in [2.45, 2.75) is 36.5 Å². The standard InChI is InChI=1S/C12H19NO4S2/c1-4-12(5-2,18-3)9-13-19(15,16)11-7-6-10(8-14)17-11/h6-8,13H,4-5,9H2,1-3H3. The summed E-state index contributed by atoms with van der Waals surface area (Å²) in [4.78, 5) is 10.5. The van der Waals surface area contributed by atoms with Crippen LogP contribution in [0.15, 0.2) is 21.6 Å². The minimum Gasteiger partial charge on any atom is -0.440 e. The summed E-state index contributed by atoms with van der Waals surface area (Å²) in [6.07, 6.45) is 4.18. The average Bonchev–Trinajstić information content (AvgIpc) is 2.90. The summed E-state index contributed by atoms with van der Waals surface area (Å²) in [5, 5.41) is -0.225. The zero-order valence-corrected chi connectivity index (χ0v) is 12.9. The summed E-state index contributed by atoms with van der Waals surface area (Å²) in [5.74, 6) is 0.00230. The van der Waals surface area contributed by atoms with E-state index in [0.717, 1.165) is 12.8 Å². The van der Waals surface area contributed by atoms with E-state index in [2.05, 4.69) is 4.72 Å². The molecule has 1 heterocycles. The first kappa shape index (κ1) is 16.3. The molecule has 0 atom stereocenters. The normalized spacial score (nSPS) is 12.6. The van der Waals surface area contributed by atoms with E-state index in [9.17, 15) is 13.2 Å². The van der Waals surface area contributed by atoms with Crippen molar-refractivity contribution < 1.29 is 17.6 Å². The average molecular weight is 305 g/mol. The van der Waals surface area contributed by atoms with E-state index in [4.69, 9.17) is 4.42 Å². The van der Waals surface area contributed by atoms with Crippen molar-refractivity contribution in [1.82, 2.24) is 4.72 Å². The molecule has 0 aromatic carbocycles. The van der Waals surface area contributed by atoms with Crippen molar-refractivity contribution in [3.05, 3.63) is 17.9 Å². The minimum absolute atomic E-state index is 0.00230. The second-order valence-corrected chi connectivity index (χ2v) is 7.17. The zero-order valence-electron chi connectivity index (χ0n) is 11.3. The highest BCUT2D eigenvalue weighted by Gasteiger charge is 2.28. The predicted octanol–water partition coefficient (Wildman–Crippen LogP) is 2.29. The van der Waals surface area contributed by atoms with E-state index in [1.807, 2.05) is 20.1 Å². The molecule has 0 amide bonds. The van der Waals surface area contributed by atoms with Gasteiger partial charge < -0.3 is 4.42 Å². The van der Waals surface area contributed by atoms with Gasteiger partial charge in [-0.1, -0.05) is 13.8 Å². The van der Waals surface area contributed by atoms with Gasteiger partial charge in [-0.2, -0.15) is 11.8 Å². The van der Waals surface area contributed by atoms with Gasteiger partial charge in [0.1, 0.15) is 0 Å². The van der Waals surface area contributed by atoms with Crippen LogP contribution in [0.2, 0.25) is 0 Å². The van der Waals surface area contributed by atoms with Crippen molar-refractivity contribution in [3.8, 4) is 0 Å². The molecule has 7 heteroatoms. The third-order valence-electron chi connectivity index (χ3n) is 3.29. The van der Waals surface area contributed by atoms with Crippen LogP contribution in [0.4, 0.5) is 0 Å². The van der Waals surface area contributed by atoms with Crippen molar-refractivity contribution in [2.75, 3.05) is 12.8 Å². The fourth-order valence-corrected chi connectivity index (χ4v) is 3.65. The van der Waals surface area contributed by atoms with Gasteiger partial charge in [-0.25, -0.2) is 13.1 Å². The Kier molecular flexibility index (Phi) is 5.64. The molecule has 0 aliphatic heterocycles. The molecule has 1 rings (SSSR count). The van der Waals surface area contributed by atoms with Gasteiger partial charge >= 0.3 is 0 Å². The van der Waals surface area contributed by atoms with Crippen LogP contribution in [0.25, 0.3) is 0 Å². The van der Waals surface area contributed by atoms with Crippen LogP contribution in [0, 0.1) is 0 Å². The molecule has 0 aliphatic rings. The van der Waals surface area contributed by atoms with Gasteiger partial charge in [0.15, 0.2) is 12.0 Å². The topological polar surface area (TPSA) is 76.4 Å². The molecule has 0 spiro atoms. The Morgan fingerprint density at radius 3 is 2.42 bits per heavy atom. The van der Waals surface area contributed by atoms with Crippen molar-refractivity contribution in [3.63, 3.8) is 0 Å². The SMILES string of the molecule is CCC(CC)(CNS(=O)(=O)c1ccc(C=O)o1)SC. The first-order valence-electron chi connectivity index (χ1n) is 6.03. The van der Waals surface area contributed by atoms with Crippen molar-refractivity contribution >= 4 is 28.1 Å². The maximum Gasteiger partial charge on any atom is 0.274 e. The van der Waals surface area contributed by atoms with Crippen LogP contribution >= 0.6 is 11.8 Å². The second-order valence-electron chi connectivity index (χ2n) is 4.19. The Balaban J connectivity index is 2.83. The molecule has 108 valence electrons. The maximum absolute atomic E-state index is 12.0. The lowest BCUT2D eigenvalue weighted by Crippen LogP contribution is -2.39. The smallest absolute Gasteiger partial charge is 0.274 e. The third kappa shape index (κ3) is 3.84. The Bertz CT molecular complexity index is 509. The Morgan fingerprint density at radius 2 is 2.00 bits per heavy atom. The molecule has 0 radical (unpaired) electrons. The van der Waals surface area contributed by atoms with Crippen LogP contribution in [-0.4, -0.2) is 32.3 Å². The molecule has 0 bridgehead atoms. The van der Waals surface area contributed by atoms with Gasteiger partial charge in [-0.05, 0) is 31.2 Å². The van der Waals surface area contributed by atoms with Crippen LogP contribution < -0.4 is 4.72 Å². The monoisotopic (exact) mass is 305 g/mol. The lowest BCUT2D eigenvalue weighted by molar-refractivity contribution is 0.109. The summed E-state index contributed by atoms with van der Waals surface area (Å²) in [6.45, 7) is 4.40. The summed E-state index contributed by atoms with van der Waals surface area (Å²) in [7, 11) is -3.70. The molecular weight excluding hydrogens is 286 g/mol. The van der Waals surface area contributed by atoms with Crippen LogP contribution in [-0.2, 0) is 10.0 Å². The number of carbonyl (C=O) groups is 1. The first-order valence-corrected chi connectivity index (χ1v) is 8.73. The quantitative estimate of drug-likeness (QED) is 0.746. The number of hydrogen-bond acceptors (Lipinski definition) is 5. The molecule has 0 saturated heterocycles. The summed E-state index contributed by atoms with van der Waals surface area (Å²) >= 11 is 1.65. The third-order valence-corrected chi connectivity index (χ3v) is 6.15. The molecule has 1 aromatic rings. The minimum atomic E-state index is -3.70. The van der Waals surface area contributed by atoms with Gasteiger partial charge in [0.2, 0.25) is 5.09 Å². The van der Waals surface area contributed by atoms with E-state index in [-0.39, 0.29) is 15.6 Å². The van der Waals surface area contributed by atoms with Gasteiger partial charge in [-0.3, -0.25) is 4.79 Å². The largest absolute Gasteiger partial charge is 0.440 e. The van der Waals surface area contributed by atoms with E-state index < -0.39 is 10.0 Å². The molecule has 1 aromatic heterocycles. The fraction of sp³-hybridized carbons (Fsp3) is 0.583. The molecule has 0 saturated carbocycles. The highest BCUT2D eigenvalue weighted by atomic mass is 32.2. The number of aldehydes is 1. The molecule has 0 unspecified atom stereocenters. The first-order chi connectivity index (χ1) is 8.93. The number of carbonyl (C=O) groups excluding carboxylic acids is 1. The number of nitrogens with one attached hydrogen (secondary N) is 1. The molecular formula is C12H19NO4S2. The molecule has 0 fully saturated rings. The van der Waals surface area contributed by atoms with Crippen molar-refractivity contribution in [2.24, 2.45) is 0 Å². The fourth-order valence-electron chi connectivity index (χ4n) is 1.70. The van der Waals surface area contributed by atoms with E-state index >= 15 is 0 Å². The lowest BCUT2D eigenvalue weighted by atomic mass is 10.0. The lowest BCUT2D eigenvalue weighted by Gasteiger charge is -2.29. The number of rotatable bonds is 8. The zero-order chi connectivity index (χ0) is 14.5. The van der Waals surface area contributed by atoms with Gasteiger partial charge in [0.05, 0.1) is 0 Å². The Hall–Kier alpha value is -0.790. The van der Waals surface area contributed by atoms with Gasteiger partial charge in [-0.15, -0.1) is 0 Å². The van der Waals surface area contributed by atoms with Crippen LogP contribution in [0.5, 0.6) is 0 Å². The number of hydrogen-bond donors (Lipinski definition) is 1. The maximum atomic E-state index is 12.0.